The number of likely N-dealkylation sites (N-methyl/N-ethyl adjacent to an activating group) is 1. The molecular formula is C12H28N2O. The minimum atomic E-state index is -0.617. The van der Waals surface area contributed by atoms with Gasteiger partial charge in [-0.15, -0.1) is 0 Å². The van der Waals surface area contributed by atoms with E-state index in [1.807, 2.05) is 20.9 Å². The van der Waals surface area contributed by atoms with Gasteiger partial charge in [-0.25, -0.2) is 0 Å². The van der Waals surface area contributed by atoms with Gasteiger partial charge in [0.05, 0.1) is 5.60 Å². The monoisotopic (exact) mass is 216 g/mol. The van der Waals surface area contributed by atoms with Gasteiger partial charge in [0.2, 0.25) is 0 Å². The first-order valence-electron chi connectivity index (χ1n) is 5.67. The summed E-state index contributed by atoms with van der Waals surface area (Å²) in [4.78, 5) is 2.19. The molecule has 0 spiro atoms. The van der Waals surface area contributed by atoms with Crippen molar-refractivity contribution in [2.75, 3.05) is 27.2 Å². The summed E-state index contributed by atoms with van der Waals surface area (Å²) in [6.07, 6.45) is 0. The van der Waals surface area contributed by atoms with Crippen LogP contribution in [0.15, 0.2) is 0 Å². The maximum absolute atomic E-state index is 9.72. The summed E-state index contributed by atoms with van der Waals surface area (Å²) in [5.74, 6) is 0. The van der Waals surface area contributed by atoms with Crippen LogP contribution in [0.25, 0.3) is 0 Å². The number of aliphatic hydroxyl groups is 1. The molecule has 3 nitrogen and oxygen atoms in total. The predicted molar refractivity (Wildman–Crippen MR) is 66.1 cm³/mol. The normalized spacial score (nSPS) is 15.8. The molecule has 0 aromatic rings. The quantitative estimate of drug-likeness (QED) is 0.703. The minimum Gasteiger partial charge on any atom is -0.389 e. The second kappa shape index (κ2) is 5.28. The molecule has 0 aromatic heterocycles. The van der Waals surface area contributed by atoms with E-state index in [1.54, 1.807) is 0 Å². The lowest BCUT2D eigenvalue weighted by Crippen LogP contribution is -2.47. The Labute approximate surface area is 94.9 Å². The minimum absolute atomic E-state index is 0.203. The van der Waals surface area contributed by atoms with Crippen LogP contribution in [0.1, 0.15) is 34.6 Å². The Morgan fingerprint density at radius 2 is 1.67 bits per heavy atom. The van der Waals surface area contributed by atoms with Crippen LogP contribution in [0.2, 0.25) is 0 Å². The third-order valence-electron chi connectivity index (χ3n) is 2.94. The summed E-state index contributed by atoms with van der Waals surface area (Å²) in [6, 6.07) is 0.460. The molecule has 0 aromatic carbocycles. The van der Waals surface area contributed by atoms with Crippen molar-refractivity contribution in [3.05, 3.63) is 0 Å². The van der Waals surface area contributed by atoms with E-state index < -0.39 is 5.60 Å². The van der Waals surface area contributed by atoms with Crippen LogP contribution in [0.5, 0.6) is 0 Å². The van der Waals surface area contributed by atoms with E-state index in [-0.39, 0.29) is 5.41 Å². The first-order chi connectivity index (χ1) is 6.58. The molecule has 0 rings (SSSR count). The average molecular weight is 216 g/mol. The Morgan fingerprint density at radius 1 is 1.20 bits per heavy atom. The van der Waals surface area contributed by atoms with E-state index in [0.717, 1.165) is 6.54 Å². The van der Waals surface area contributed by atoms with Crippen LogP contribution in [0.4, 0.5) is 0 Å². The maximum atomic E-state index is 9.72. The van der Waals surface area contributed by atoms with Gasteiger partial charge in [0.1, 0.15) is 0 Å². The van der Waals surface area contributed by atoms with Crippen LogP contribution >= 0.6 is 0 Å². The number of hydrogen-bond donors (Lipinski definition) is 2. The van der Waals surface area contributed by atoms with Crippen LogP contribution in [0.3, 0.4) is 0 Å². The van der Waals surface area contributed by atoms with Crippen LogP contribution in [-0.4, -0.2) is 48.8 Å². The molecule has 3 heteroatoms. The highest BCUT2D eigenvalue weighted by atomic mass is 16.3. The molecule has 15 heavy (non-hydrogen) atoms. The van der Waals surface area contributed by atoms with E-state index in [2.05, 4.69) is 38.0 Å². The summed E-state index contributed by atoms with van der Waals surface area (Å²) in [7, 11) is 4.05. The Hall–Kier alpha value is -0.120. The van der Waals surface area contributed by atoms with Crippen LogP contribution < -0.4 is 5.32 Å². The Bertz CT molecular complexity index is 185. The molecular weight excluding hydrogens is 188 g/mol. The fourth-order valence-electron chi connectivity index (χ4n) is 1.94. The fourth-order valence-corrected chi connectivity index (χ4v) is 1.94. The molecule has 92 valence electrons. The van der Waals surface area contributed by atoms with Crippen molar-refractivity contribution in [1.82, 2.24) is 10.2 Å². The molecule has 0 bridgehead atoms. The molecule has 0 saturated carbocycles. The second-order valence-corrected chi connectivity index (χ2v) is 5.98. The van der Waals surface area contributed by atoms with Gasteiger partial charge in [-0.05, 0) is 40.3 Å². The van der Waals surface area contributed by atoms with Crippen LogP contribution in [0, 0.1) is 5.41 Å². The molecule has 1 atom stereocenters. The Kier molecular flexibility index (Phi) is 5.24. The van der Waals surface area contributed by atoms with Gasteiger partial charge in [0.15, 0.2) is 0 Å². The molecule has 0 heterocycles. The van der Waals surface area contributed by atoms with Crippen molar-refractivity contribution in [3.8, 4) is 0 Å². The largest absolute Gasteiger partial charge is 0.389 e. The highest BCUT2D eigenvalue weighted by molar-refractivity contribution is 4.83. The third kappa shape index (κ3) is 6.13. The van der Waals surface area contributed by atoms with E-state index in [4.69, 9.17) is 0 Å². The lowest BCUT2D eigenvalue weighted by molar-refractivity contribution is 0.0305. The first-order valence-corrected chi connectivity index (χ1v) is 5.67. The van der Waals surface area contributed by atoms with Crippen molar-refractivity contribution < 1.29 is 5.11 Å². The molecule has 0 fully saturated rings. The number of nitrogens with one attached hydrogen (secondary N) is 1. The molecule has 0 aliphatic rings. The standard InChI is InChI=1S/C12H28N2O/c1-10(13-6)11(2,3)8-14(7)9-12(4,5)15/h10,13,15H,8-9H2,1-7H3. The van der Waals surface area contributed by atoms with E-state index in [0.29, 0.717) is 12.6 Å². The predicted octanol–water partition coefficient (Wildman–Crippen LogP) is 1.32. The van der Waals surface area contributed by atoms with Crippen LogP contribution in [-0.2, 0) is 0 Å². The summed E-state index contributed by atoms with van der Waals surface area (Å²) < 4.78 is 0. The average Bonchev–Trinajstić information content (AvgIpc) is 1.97. The molecule has 1 unspecified atom stereocenters. The van der Waals surface area contributed by atoms with Crippen molar-refractivity contribution in [2.24, 2.45) is 5.41 Å². The van der Waals surface area contributed by atoms with Gasteiger partial charge in [-0.3, -0.25) is 0 Å². The fraction of sp³-hybridized carbons (Fsp3) is 1.00. The molecule has 2 N–H and O–H groups in total. The van der Waals surface area contributed by atoms with Crippen molar-refractivity contribution in [3.63, 3.8) is 0 Å². The second-order valence-electron chi connectivity index (χ2n) is 5.98. The molecule has 0 aliphatic heterocycles. The molecule has 0 radical (unpaired) electrons. The molecule has 0 amide bonds. The summed E-state index contributed by atoms with van der Waals surface area (Å²) in [5.41, 5.74) is -0.414. The van der Waals surface area contributed by atoms with E-state index >= 15 is 0 Å². The van der Waals surface area contributed by atoms with Gasteiger partial charge in [-0.1, -0.05) is 13.8 Å². The lowest BCUT2D eigenvalue weighted by atomic mass is 9.84. The topological polar surface area (TPSA) is 35.5 Å². The number of nitrogens with zero attached hydrogens (tertiary/aromatic N) is 1. The zero-order chi connectivity index (χ0) is 12.3. The molecule has 0 aliphatic carbocycles. The van der Waals surface area contributed by atoms with Gasteiger partial charge >= 0.3 is 0 Å². The van der Waals surface area contributed by atoms with Gasteiger partial charge < -0.3 is 15.3 Å². The smallest absolute Gasteiger partial charge is 0.0718 e. The van der Waals surface area contributed by atoms with Crippen molar-refractivity contribution >= 4 is 0 Å². The first kappa shape index (κ1) is 14.9. The molecule has 0 saturated heterocycles. The highest BCUT2D eigenvalue weighted by Gasteiger charge is 2.27. The van der Waals surface area contributed by atoms with E-state index in [1.165, 1.54) is 0 Å². The maximum Gasteiger partial charge on any atom is 0.0718 e. The van der Waals surface area contributed by atoms with Crippen molar-refractivity contribution in [1.29, 1.82) is 0 Å². The summed E-state index contributed by atoms with van der Waals surface area (Å²) in [5, 5.41) is 13.0. The van der Waals surface area contributed by atoms with Gasteiger partial charge in [0.25, 0.3) is 0 Å². The van der Waals surface area contributed by atoms with Gasteiger partial charge in [-0.2, -0.15) is 0 Å². The SMILES string of the molecule is CNC(C)C(C)(C)CN(C)CC(C)(C)O. The summed E-state index contributed by atoms with van der Waals surface area (Å²) >= 11 is 0. The zero-order valence-electron chi connectivity index (χ0n) is 11.4. The Balaban J connectivity index is 4.21. The lowest BCUT2D eigenvalue weighted by Gasteiger charge is -2.37. The third-order valence-corrected chi connectivity index (χ3v) is 2.94. The van der Waals surface area contributed by atoms with E-state index in [9.17, 15) is 5.11 Å². The summed E-state index contributed by atoms with van der Waals surface area (Å²) in [6.45, 7) is 12.0. The highest BCUT2D eigenvalue weighted by Crippen LogP contribution is 2.22. The zero-order valence-corrected chi connectivity index (χ0v) is 11.4. The number of hydrogen-bond acceptors (Lipinski definition) is 3. The van der Waals surface area contributed by atoms with Gasteiger partial charge in [0, 0.05) is 19.1 Å². The Morgan fingerprint density at radius 3 is 2.00 bits per heavy atom. The van der Waals surface area contributed by atoms with Crippen molar-refractivity contribution in [2.45, 2.75) is 46.3 Å². The number of rotatable bonds is 6.